The van der Waals surface area contributed by atoms with Crippen LogP contribution in [-0.2, 0) is 0 Å². The van der Waals surface area contributed by atoms with Crippen molar-refractivity contribution in [3.8, 4) is 0 Å². The molecule has 0 saturated carbocycles. The van der Waals surface area contributed by atoms with Crippen LogP contribution in [0.5, 0.6) is 0 Å². The second kappa shape index (κ2) is 5.89. The van der Waals surface area contributed by atoms with Gasteiger partial charge in [0.2, 0.25) is 0 Å². The molecule has 2 heterocycles. The SMILES string of the molecule is Cc1cc(NC2CCCSC2)c(C(N)=S)c(C)n1. The van der Waals surface area contributed by atoms with E-state index in [0.717, 1.165) is 28.4 Å². The van der Waals surface area contributed by atoms with Crippen LogP contribution in [0.15, 0.2) is 6.07 Å². The molecular weight excluding hydrogens is 262 g/mol. The maximum Gasteiger partial charge on any atom is 0.107 e. The molecule has 3 N–H and O–H groups in total. The van der Waals surface area contributed by atoms with Gasteiger partial charge in [-0.05, 0) is 38.5 Å². The van der Waals surface area contributed by atoms with E-state index in [1.165, 1.54) is 18.6 Å². The Labute approximate surface area is 118 Å². The lowest BCUT2D eigenvalue weighted by atomic mass is 10.1. The lowest BCUT2D eigenvalue weighted by Crippen LogP contribution is -2.28. The summed E-state index contributed by atoms with van der Waals surface area (Å²) in [5, 5.41) is 3.58. The number of aryl methyl sites for hydroxylation is 2. The van der Waals surface area contributed by atoms with Crippen molar-refractivity contribution < 1.29 is 0 Å². The van der Waals surface area contributed by atoms with Gasteiger partial charge < -0.3 is 11.1 Å². The summed E-state index contributed by atoms with van der Waals surface area (Å²) >= 11 is 7.14. The van der Waals surface area contributed by atoms with Crippen molar-refractivity contribution >= 4 is 34.7 Å². The zero-order valence-corrected chi connectivity index (χ0v) is 12.5. The van der Waals surface area contributed by atoms with Gasteiger partial charge in [-0.3, -0.25) is 4.98 Å². The standard InChI is InChI=1S/C13H19N3S2/c1-8-6-11(12(13(14)17)9(2)15-8)16-10-4-3-5-18-7-10/h6,10H,3-5,7H2,1-2H3,(H2,14,17)(H,15,16). The van der Waals surface area contributed by atoms with E-state index in [9.17, 15) is 0 Å². The first kappa shape index (κ1) is 13.6. The minimum Gasteiger partial charge on any atom is -0.389 e. The minimum absolute atomic E-state index is 0.422. The molecule has 1 aromatic rings. The fourth-order valence-electron chi connectivity index (χ4n) is 2.33. The van der Waals surface area contributed by atoms with Gasteiger partial charge >= 0.3 is 0 Å². The van der Waals surface area contributed by atoms with Crippen LogP contribution in [0, 0.1) is 13.8 Å². The Morgan fingerprint density at radius 2 is 2.33 bits per heavy atom. The molecule has 1 aliphatic heterocycles. The first-order valence-electron chi connectivity index (χ1n) is 6.20. The highest BCUT2D eigenvalue weighted by atomic mass is 32.2. The van der Waals surface area contributed by atoms with Crippen molar-refractivity contribution in [1.82, 2.24) is 4.98 Å². The number of hydrogen-bond donors (Lipinski definition) is 2. The highest BCUT2D eigenvalue weighted by Gasteiger charge is 2.17. The molecule has 1 aliphatic rings. The van der Waals surface area contributed by atoms with Crippen molar-refractivity contribution in [3.63, 3.8) is 0 Å². The van der Waals surface area contributed by atoms with E-state index in [0.29, 0.717) is 11.0 Å². The van der Waals surface area contributed by atoms with E-state index in [1.807, 2.05) is 31.7 Å². The molecule has 1 atom stereocenters. The normalized spacial score (nSPS) is 19.6. The van der Waals surface area contributed by atoms with Crippen LogP contribution < -0.4 is 11.1 Å². The minimum atomic E-state index is 0.422. The van der Waals surface area contributed by atoms with Gasteiger partial charge in [-0.2, -0.15) is 11.8 Å². The van der Waals surface area contributed by atoms with Gasteiger partial charge in [-0.1, -0.05) is 12.2 Å². The van der Waals surface area contributed by atoms with E-state index in [4.69, 9.17) is 18.0 Å². The Bertz CT molecular complexity index is 454. The van der Waals surface area contributed by atoms with Crippen LogP contribution in [0.3, 0.4) is 0 Å². The summed E-state index contributed by atoms with van der Waals surface area (Å²) in [7, 11) is 0. The van der Waals surface area contributed by atoms with Gasteiger partial charge in [0.25, 0.3) is 0 Å². The summed E-state index contributed by atoms with van der Waals surface area (Å²) in [5.41, 5.74) is 9.66. The summed E-state index contributed by atoms with van der Waals surface area (Å²) in [5.74, 6) is 2.42. The third-order valence-electron chi connectivity index (χ3n) is 3.09. The number of rotatable bonds is 3. The maximum absolute atomic E-state index is 5.82. The number of thiocarbonyl (C=S) groups is 1. The van der Waals surface area contributed by atoms with E-state index in [1.54, 1.807) is 0 Å². The number of aromatic nitrogens is 1. The molecule has 98 valence electrons. The summed E-state index contributed by atoms with van der Waals surface area (Å²) in [6.45, 7) is 3.96. The Hall–Kier alpha value is -0.810. The first-order valence-corrected chi connectivity index (χ1v) is 7.76. The lowest BCUT2D eigenvalue weighted by Gasteiger charge is -2.25. The van der Waals surface area contributed by atoms with Crippen molar-refractivity contribution in [2.45, 2.75) is 32.7 Å². The van der Waals surface area contributed by atoms with Crippen LogP contribution in [0.1, 0.15) is 29.8 Å². The fourth-order valence-corrected chi connectivity index (χ4v) is 3.66. The number of nitrogens with zero attached hydrogens (tertiary/aromatic N) is 1. The molecule has 3 nitrogen and oxygen atoms in total. The first-order chi connectivity index (χ1) is 8.58. The van der Waals surface area contributed by atoms with E-state index >= 15 is 0 Å². The van der Waals surface area contributed by atoms with Crippen LogP contribution in [0.4, 0.5) is 5.69 Å². The van der Waals surface area contributed by atoms with Crippen LogP contribution >= 0.6 is 24.0 Å². The molecule has 0 spiro atoms. The Morgan fingerprint density at radius 1 is 1.56 bits per heavy atom. The van der Waals surface area contributed by atoms with Crippen LogP contribution in [0.25, 0.3) is 0 Å². The van der Waals surface area contributed by atoms with Crippen molar-refractivity contribution in [2.24, 2.45) is 5.73 Å². The monoisotopic (exact) mass is 281 g/mol. The van der Waals surface area contributed by atoms with E-state index in [-0.39, 0.29) is 0 Å². The number of nitrogens with two attached hydrogens (primary N) is 1. The molecule has 0 bridgehead atoms. The lowest BCUT2D eigenvalue weighted by molar-refractivity contribution is 0.684. The largest absolute Gasteiger partial charge is 0.389 e. The van der Waals surface area contributed by atoms with Gasteiger partial charge in [-0.25, -0.2) is 0 Å². The van der Waals surface area contributed by atoms with Crippen molar-refractivity contribution in [3.05, 3.63) is 23.0 Å². The molecule has 18 heavy (non-hydrogen) atoms. The highest BCUT2D eigenvalue weighted by Crippen LogP contribution is 2.25. The average Bonchev–Trinajstić information content (AvgIpc) is 2.28. The van der Waals surface area contributed by atoms with Gasteiger partial charge in [0.1, 0.15) is 4.99 Å². The molecule has 1 fully saturated rings. The number of anilines is 1. The van der Waals surface area contributed by atoms with E-state index in [2.05, 4.69) is 10.3 Å². The molecule has 2 rings (SSSR count). The summed E-state index contributed by atoms with van der Waals surface area (Å²) in [6.07, 6.45) is 2.48. The fraction of sp³-hybridized carbons (Fsp3) is 0.538. The van der Waals surface area contributed by atoms with Gasteiger partial charge in [0, 0.05) is 28.9 Å². The predicted molar refractivity (Wildman–Crippen MR) is 83.6 cm³/mol. The molecule has 1 aromatic heterocycles. The predicted octanol–water partition coefficient (Wildman–Crippen LogP) is 2.64. The quantitative estimate of drug-likeness (QED) is 0.834. The maximum atomic E-state index is 5.82. The second-order valence-corrected chi connectivity index (χ2v) is 6.28. The van der Waals surface area contributed by atoms with E-state index < -0.39 is 0 Å². The topological polar surface area (TPSA) is 50.9 Å². The van der Waals surface area contributed by atoms with Crippen molar-refractivity contribution in [2.75, 3.05) is 16.8 Å². The molecule has 1 saturated heterocycles. The smallest absolute Gasteiger partial charge is 0.107 e. The molecule has 0 radical (unpaired) electrons. The third-order valence-corrected chi connectivity index (χ3v) is 4.51. The zero-order valence-electron chi connectivity index (χ0n) is 10.8. The Kier molecular flexibility index (Phi) is 4.45. The van der Waals surface area contributed by atoms with Crippen LogP contribution in [-0.4, -0.2) is 27.5 Å². The molecule has 1 unspecified atom stereocenters. The molecular formula is C13H19N3S2. The number of nitrogens with one attached hydrogen (secondary N) is 1. The summed E-state index contributed by atoms with van der Waals surface area (Å²) in [4.78, 5) is 4.86. The highest BCUT2D eigenvalue weighted by molar-refractivity contribution is 7.99. The third kappa shape index (κ3) is 3.14. The van der Waals surface area contributed by atoms with Crippen molar-refractivity contribution in [1.29, 1.82) is 0 Å². The zero-order chi connectivity index (χ0) is 13.1. The molecule has 0 amide bonds. The Morgan fingerprint density at radius 3 is 2.94 bits per heavy atom. The number of pyridine rings is 1. The van der Waals surface area contributed by atoms with Gasteiger partial charge in [0.05, 0.1) is 5.56 Å². The summed E-state index contributed by atoms with van der Waals surface area (Å²) < 4.78 is 0. The molecule has 0 aliphatic carbocycles. The van der Waals surface area contributed by atoms with Gasteiger partial charge in [0.15, 0.2) is 0 Å². The number of hydrogen-bond acceptors (Lipinski definition) is 4. The second-order valence-electron chi connectivity index (χ2n) is 4.69. The Balaban J connectivity index is 2.27. The number of thioether (sulfide) groups is 1. The summed E-state index contributed by atoms with van der Waals surface area (Å²) in [6, 6.07) is 2.55. The molecule has 5 heteroatoms. The molecule has 0 aromatic carbocycles. The average molecular weight is 281 g/mol. The van der Waals surface area contributed by atoms with Crippen LogP contribution in [0.2, 0.25) is 0 Å². The van der Waals surface area contributed by atoms with Gasteiger partial charge in [-0.15, -0.1) is 0 Å².